The lowest BCUT2D eigenvalue weighted by atomic mass is 9.63. The standard InChI is InChI=1S/C20H31NO2/c1-14(19(23)21-11-5-4-6-12-21)16-7-9-20(3)10-8-18(22)15(2)17(20)13-16/h13-14,18,22H,4-12H2,1-3H3/t14-,18-,20-/m0/s1. The van der Waals surface area contributed by atoms with E-state index in [1.807, 2.05) is 0 Å². The van der Waals surface area contributed by atoms with E-state index in [2.05, 4.69) is 31.7 Å². The first kappa shape index (κ1) is 16.8. The summed E-state index contributed by atoms with van der Waals surface area (Å²) < 4.78 is 0. The summed E-state index contributed by atoms with van der Waals surface area (Å²) in [6, 6.07) is 0. The Morgan fingerprint density at radius 1 is 1.30 bits per heavy atom. The van der Waals surface area contributed by atoms with Gasteiger partial charge in [-0.1, -0.05) is 18.6 Å². The molecular weight excluding hydrogens is 286 g/mol. The van der Waals surface area contributed by atoms with Gasteiger partial charge in [0.15, 0.2) is 0 Å². The van der Waals surface area contributed by atoms with Crippen LogP contribution in [0.2, 0.25) is 0 Å². The minimum atomic E-state index is -0.304. The number of aliphatic hydroxyl groups excluding tert-OH is 1. The van der Waals surface area contributed by atoms with Gasteiger partial charge in [0, 0.05) is 13.1 Å². The second kappa shape index (κ2) is 6.43. The number of rotatable bonds is 2. The highest BCUT2D eigenvalue weighted by molar-refractivity contribution is 5.81. The summed E-state index contributed by atoms with van der Waals surface area (Å²) in [6.07, 6.45) is 9.55. The Bertz CT molecular complexity index is 542. The maximum absolute atomic E-state index is 12.8. The van der Waals surface area contributed by atoms with E-state index >= 15 is 0 Å². The van der Waals surface area contributed by atoms with Crippen molar-refractivity contribution in [2.24, 2.45) is 11.3 Å². The van der Waals surface area contributed by atoms with Crippen molar-refractivity contribution in [3.05, 3.63) is 22.8 Å². The average molecular weight is 317 g/mol. The van der Waals surface area contributed by atoms with Crippen molar-refractivity contribution in [3.63, 3.8) is 0 Å². The smallest absolute Gasteiger partial charge is 0.229 e. The van der Waals surface area contributed by atoms with Crippen molar-refractivity contribution in [3.8, 4) is 0 Å². The molecule has 3 heteroatoms. The summed E-state index contributed by atoms with van der Waals surface area (Å²) in [6.45, 7) is 8.31. The van der Waals surface area contributed by atoms with Crippen molar-refractivity contribution in [1.82, 2.24) is 4.90 Å². The first-order valence-corrected chi connectivity index (χ1v) is 9.31. The number of carbonyl (C=O) groups is 1. The predicted molar refractivity (Wildman–Crippen MR) is 93.0 cm³/mol. The molecule has 0 aromatic carbocycles. The molecule has 0 aromatic heterocycles. The second-order valence-electron chi connectivity index (χ2n) is 8.04. The number of nitrogens with zero attached hydrogens (tertiary/aromatic N) is 1. The molecule has 1 heterocycles. The summed E-state index contributed by atoms with van der Waals surface area (Å²) in [5, 5.41) is 10.2. The van der Waals surface area contributed by atoms with Crippen LogP contribution >= 0.6 is 0 Å². The molecule has 23 heavy (non-hydrogen) atoms. The minimum absolute atomic E-state index is 0.0166. The summed E-state index contributed by atoms with van der Waals surface area (Å²) in [7, 11) is 0. The number of hydrogen-bond donors (Lipinski definition) is 1. The molecule has 1 saturated heterocycles. The lowest BCUT2D eigenvalue weighted by molar-refractivity contribution is -0.134. The van der Waals surface area contributed by atoms with Crippen LogP contribution in [0, 0.1) is 11.3 Å². The van der Waals surface area contributed by atoms with Crippen molar-refractivity contribution < 1.29 is 9.90 Å². The van der Waals surface area contributed by atoms with Crippen molar-refractivity contribution in [2.75, 3.05) is 13.1 Å². The molecule has 2 aliphatic carbocycles. The molecule has 0 radical (unpaired) electrons. The number of allylic oxidation sites excluding steroid dienone is 2. The third kappa shape index (κ3) is 3.13. The average Bonchev–Trinajstić information content (AvgIpc) is 2.58. The van der Waals surface area contributed by atoms with Gasteiger partial charge in [0.25, 0.3) is 0 Å². The molecule has 1 fully saturated rings. The van der Waals surface area contributed by atoms with E-state index < -0.39 is 0 Å². The maximum atomic E-state index is 12.8. The zero-order valence-corrected chi connectivity index (χ0v) is 14.9. The predicted octanol–water partition coefficient (Wildman–Crippen LogP) is 3.83. The van der Waals surface area contributed by atoms with Crippen LogP contribution in [0.5, 0.6) is 0 Å². The van der Waals surface area contributed by atoms with Crippen LogP contribution < -0.4 is 0 Å². The van der Waals surface area contributed by atoms with E-state index in [-0.39, 0.29) is 17.4 Å². The molecule has 3 atom stereocenters. The van der Waals surface area contributed by atoms with Gasteiger partial charge in [-0.3, -0.25) is 4.79 Å². The van der Waals surface area contributed by atoms with Crippen molar-refractivity contribution >= 4 is 5.91 Å². The summed E-state index contributed by atoms with van der Waals surface area (Å²) in [5.74, 6) is 0.284. The SMILES string of the molecule is CC1=C2C=C([C@H](C)C(=O)N3CCCCC3)CC[C@@]2(C)CC[C@@H]1O. The molecule has 0 bridgehead atoms. The molecule has 3 rings (SSSR count). The van der Waals surface area contributed by atoms with Crippen LogP contribution in [0.15, 0.2) is 22.8 Å². The topological polar surface area (TPSA) is 40.5 Å². The van der Waals surface area contributed by atoms with E-state index in [1.165, 1.54) is 17.6 Å². The van der Waals surface area contributed by atoms with E-state index in [0.717, 1.165) is 57.2 Å². The van der Waals surface area contributed by atoms with Crippen LogP contribution in [0.3, 0.4) is 0 Å². The fourth-order valence-electron chi connectivity index (χ4n) is 4.58. The Kier molecular flexibility index (Phi) is 4.68. The van der Waals surface area contributed by atoms with E-state index in [1.54, 1.807) is 0 Å². The molecule has 1 amide bonds. The zero-order chi connectivity index (χ0) is 16.6. The number of fused-ring (bicyclic) bond motifs is 1. The first-order chi connectivity index (χ1) is 10.9. The Morgan fingerprint density at radius 2 is 2.00 bits per heavy atom. The lowest BCUT2D eigenvalue weighted by Crippen LogP contribution is -2.40. The van der Waals surface area contributed by atoms with Gasteiger partial charge < -0.3 is 10.0 Å². The Hall–Kier alpha value is -1.09. The molecule has 0 aromatic rings. The first-order valence-electron chi connectivity index (χ1n) is 9.31. The van der Waals surface area contributed by atoms with Crippen LogP contribution in [0.1, 0.15) is 65.7 Å². The molecular formula is C20H31NO2. The highest BCUT2D eigenvalue weighted by Crippen LogP contribution is 2.49. The lowest BCUT2D eigenvalue weighted by Gasteiger charge is -2.42. The van der Waals surface area contributed by atoms with Gasteiger partial charge in [-0.15, -0.1) is 0 Å². The zero-order valence-electron chi connectivity index (χ0n) is 14.9. The number of hydrogen-bond acceptors (Lipinski definition) is 2. The Balaban J connectivity index is 1.83. The number of amides is 1. The fourth-order valence-corrected chi connectivity index (χ4v) is 4.58. The number of aliphatic hydroxyl groups is 1. The van der Waals surface area contributed by atoms with Crippen molar-refractivity contribution in [1.29, 1.82) is 0 Å². The van der Waals surface area contributed by atoms with Gasteiger partial charge >= 0.3 is 0 Å². The quantitative estimate of drug-likeness (QED) is 0.841. The van der Waals surface area contributed by atoms with Crippen LogP contribution in [0.25, 0.3) is 0 Å². The monoisotopic (exact) mass is 317 g/mol. The largest absolute Gasteiger partial charge is 0.389 e. The number of likely N-dealkylation sites (tertiary alicyclic amines) is 1. The maximum Gasteiger partial charge on any atom is 0.229 e. The Labute approximate surface area is 140 Å². The summed E-state index contributed by atoms with van der Waals surface area (Å²) >= 11 is 0. The van der Waals surface area contributed by atoms with Gasteiger partial charge in [0.2, 0.25) is 5.91 Å². The van der Waals surface area contributed by atoms with E-state index in [9.17, 15) is 9.90 Å². The number of carbonyl (C=O) groups excluding carboxylic acids is 1. The number of piperidine rings is 1. The van der Waals surface area contributed by atoms with Gasteiger partial charge in [-0.05, 0) is 75.4 Å². The minimum Gasteiger partial charge on any atom is -0.389 e. The molecule has 0 saturated carbocycles. The third-order valence-corrected chi connectivity index (χ3v) is 6.43. The van der Waals surface area contributed by atoms with Crippen LogP contribution in [-0.4, -0.2) is 35.1 Å². The molecule has 0 spiro atoms. The van der Waals surface area contributed by atoms with Crippen LogP contribution in [-0.2, 0) is 4.79 Å². The molecule has 0 unspecified atom stereocenters. The van der Waals surface area contributed by atoms with E-state index in [4.69, 9.17) is 0 Å². The van der Waals surface area contributed by atoms with Crippen molar-refractivity contribution in [2.45, 2.75) is 71.8 Å². The molecule has 128 valence electrons. The van der Waals surface area contributed by atoms with Crippen LogP contribution in [0.4, 0.5) is 0 Å². The summed E-state index contributed by atoms with van der Waals surface area (Å²) in [5.41, 5.74) is 3.88. The molecule has 3 nitrogen and oxygen atoms in total. The second-order valence-corrected chi connectivity index (χ2v) is 8.04. The normalized spacial score (nSPS) is 33.1. The molecule has 1 N–H and O–H groups in total. The highest BCUT2D eigenvalue weighted by atomic mass is 16.3. The highest BCUT2D eigenvalue weighted by Gasteiger charge is 2.39. The Morgan fingerprint density at radius 3 is 2.70 bits per heavy atom. The van der Waals surface area contributed by atoms with Gasteiger partial charge in [0.05, 0.1) is 12.0 Å². The van der Waals surface area contributed by atoms with Gasteiger partial charge in [-0.25, -0.2) is 0 Å². The van der Waals surface area contributed by atoms with E-state index in [0.29, 0.717) is 5.91 Å². The van der Waals surface area contributed by atoms with Gasteiger partial charge in [-0.2, -0.15) is 0 Å². The van der Waals surface area contributed by atoms with Gasteiger partial charge in [0.1, 0.15) is 0 Å². The third-order valence-electron chi connectivity index (χ3n) is 6.43. The molecule has 1 aliphatic heterocycles. The molecule has 3 aliphatic rings. The summed E-state index contributed by atoms with van der Waals surface area (Å²) in [4.78, 5) is 14.9. The fraction of sp³-hybridized carbons (Fsp3) is 0.750.